The van der Waals surface area contributed by atoms with Crippen molar-refractivity contribution in [2.24, 2.45) is 0 Å². The molecule has 86 valence electrons. The number of likely N-dealkylation sites (N-methyl/N-ethyl adjacent to an activating group) is 1. The first-order valence-electron chi connectivity index (χ1n) is 5.21. The fourth-order valence-corrected chi connectivity index (χ4v) is 1.94. The summed E-state index contributed by atoms with van der Waals surface area (Å²) in [5.41, 5.74) is 2.84. The van der Waals surface area contributed by atoms with Crippen molar-refractivity contribution in [1.82, 2.24) is 0 Å². The van der Waals surface area contributed by atoms with Crippen molar-refractivity contribution in [2.45, 2.75) is 20.3 Å². The molecule has 0 fully saturated rings. The number of benzene rings is 1. The number of rotatable bonds is 0. The quantitative estimate of drug-likeness (QED) is 0.786. The average Bonchev–Trinajstić information content (AvgIpc) is 2.65. The zero-order valence-corrected chi connectivity index (χ0v) is 11.5. The summed E-state index contributed by atoms with van der Waals surface area (Å²) >= 11 is 3.47. The van der Waals surface area contributed by atoms with Gasteiger partial charge in [0.05, 0.1) is 0 Å². The van der Waals surface area contributed by atoms with E-state index in [0.717, 1.165) is 13.7 Å². The molecule has 1 heterocycles. The molecule has 0 bridgehead atoms. The minimum absolute atomic E-state index is 1.00. The van der Waals surface area contributed by atoms with E-state index in [9.17, 15) is 0 Å². The van der Waals surface area contributed by atoms with Crippen molar-refractivity contribution in [3.05, 3.63) is 28.2 Å². The molecule has 1 N–H and O–H groups in total. The molecular formula is C12H20BrNO. The highest BCUT2D eigenvalue weighted by molar-refractivity contribution is 9.10. The molecule has 1 aliphatic heterocycles. The van der Waals surface area contributed by atoms with Crippen molar-refractivity contribution in [3.63, 3.8) is 0 Å². The summed E-state index contributed by atoms with van der Waals surface area (Å²) in [7, 11) is 3.14. The van der Waals surface area contributed by atoms with Crippen LogP contribution in [-0.2, 0) is 6.42 Å². The lowest BCUT2D eigenvalue weighted by Crippen LogP contribution is -2.12. The topological polar surface area (TPSA) is 23.5 Å². The van der Waals surface area contributed by atoms with Crippen LogP contribution in [0.4, 0.5) is 5.69 Å². The molecule has 1 aromatic rings. The molecule has 1 aliphatic rings. The van der Waals surface area contributed by atoms with Gasteiger partial charge in [-0.05, 0) is 30.2 Å². The highest BCUT2D eigenvalue weighted by Gasteiger charge is 2.14. The maximum Gasteiger partial charge on any atom is 0.0397 e. The fourth-order valence-electron chi connectivity index (χ4n) is 1.54. The Morgan fingerprint density at radius 1 is 1.27 bits per heavy atom. The van der Waals surface area contributed by atoms with Crippen molar-refractivity contribution in [3.8, 4) is 0 Å². The smallest absolute Gasteiger partial charge is 0.0397 e. The number of fused-ring (bicyclic) bond motifs is 1. The van der Waals surface area contributed by atoms with Gasteiger partial charge in [0.1, 0.15) is 0 Å². The summed E-state index contributed by atoms with van der Waals surface area (Å²) in [5, 5.41) is 7.00. The summed E-state index contributed by atoms with van der Waals surface area (Å²) < 4.78 is 1.19. The largest absolute Gasteiger partial charge is 0.400 e. The molecule has 0 aliphatic carbocycles. The first-order valence-corrected chi connectivity index (χ1v) is 6.01. The predicted octanol–water partition coefficient (Wildman–Crippen LogP) is 3.08. The molecule has 3 heteroatoms. The van der Waals surface area contributed by atoms with E-state index in [1.165, 1.54) is 22.1 Å². The Kier molecular flexibility index (Phi) is 7.44. The maximum atomic E-state index is 7.00. The van der Waals surface area contributed by atoms with Crippen LogP contribution in [0.5, 0.6) is 0 Å². The van der Waals surface area contributed by atoms with Gasteiger partial charge in [-0.3, -0.25) is 0 Å². The van der Waals surface area contributed by atoms with Crippen LogP contribution >= 0.6 is 15.9 Å². The van der Waals surface area contributed by atoms with Crippen LogP contribution in [-0.4, -0.2) is 25.8 Å². The van der Waals surface area contributed by atoms with E-state index in [1.807, 2.05) is 13.8 Å². The monoisotopic (exact) mass is 273 g/mol. The molecule has 0 spiro atoms. The molecule has 0 radical (unpaired) electrons. The zero-order chi connectivity index (χ0) is 11.8. The lowest BCUT2D eigenvalue weighted by molar-refractivity contribution is 0.399. The minimum Gasteiger partial charge on any atom is -0.400 e. The van der Waals surface area contributed by atoms with Gasteiger partial charge in [-0.25, -0.2) is 0 Å². The van der Waals surface area contributed by atoms with E-state index in [4.69, 9.17) is 5.11 Å². The Morgan fingerprint density at radius 2 is 1.87 bits per heavy atom. The van der Waals surface area contributed by atoms with Crippen LogP contribution < -0.4 is 4.90 Å². The molecule has 1 aromatic carbocycles. The molecule has 0 amide bonds. The van der Waals surface area contributed by atoms with Crippen LogP contribution in [0.2, 0.25) is 0 Å². The van der Waals surface area contributed by atoms with Crippen LogP contribution in [0, 0.1) is 0 Å². The fraction of sp³-hybridized carbons (Fsp3) is 0.500. The van der Waals surface area contributed by atoms with Crippen LogP contribution in [0.25, 0.3) is 0 Å². The molecule has 0 atom stereocenters. The summed E-state index contributed by atoms with van der Waals surface area (Å²) in [6, 6.07) is 6.48. The summed E-state index contributed by atoms with van der Waals surface area (Å²) in [6.45, 7) is 5.16. The number of aliphatic hydroxyl groups is 1. The Bertz CT molecular complexity index is 289. The third-order valence-corrected chi connectivity index (χ3v) is 2.66. The summed E-state index contributed by atoms with van der Waals surface area (Å²) in [6.07, 6.45) is 1.19. The second-order valence-corrected chi connectivity index (χ2v) is 3.86. The standard InChI is InChI=1S/C9H10BrN.C2H6.CH4O/c1-11-5-4-7-6-8(10)2-3-9(7)11;2*1-2/h2-3,6H,4-5H2,1H3;1-2H3;2H,1H3. The maximum absolute atomic E-state index is 7.00. The molecule has 15 heavy (non-hydrogen) atoms. The SMILES string of the molecule is CC.CN1CCc2cc(Br)ccc21.CO. The Hall–Kier alpha value is -0.540. The van der Waals surface area contributed by atoms with E-state index in [-0.39, 0.29) is 0 Å². The van der Waals surface area contributed by atoms with Gasteiger partial charge in [-0.15, -0.1) is 0 Å². The molecular weight excluding hydrogens is 254 g/mol. The van der Waals surface area contributed by atoms with Gasteiger partial charge in [0, 0.05) is 30.9 Å². The molecule has 2 nitrogen and oxygen atoms in total. The Labute approximate surface area is 101 Å². The van der Waals surface area contributed by atoms with Gasteiger partial charge >= 0.3 is 0 Å². The number of halogens is 1. The molecule has 0 unspecified atom stereocenters. The normalized spacial score (nSPS) is 12.0. The van der Waals surface area contributed by atoms with E-state index in [0.29, 0.717) is 0 Å². The van der Waals surface area contributed by atoms with Gasteiger partial charge in [-0.2, -0.15) is 0 Å². The van der Waals surface area contributed by atoms with E-state index in [2.05, 4.69) is 46.1 Å². The van der Waals surface area contributed by atoms with Gasteiger partial charge in [0.2, 0.25) is 0 Å². The minimum atomic E-state index is 1.00. The third-order valence-electron chi connectivity index (χ3n) is 2.17. The van der Waals surface area contributed by atoms with Gasteiger partial charge in [-0.1, -0.05) is 29.8 Å². The second kappa shape index (κ2) is 7.71. The number of hydrogen-bond acceptors (Lipinski definition) is 2. The van der Waals surface area contributed by atoms with Gasteiger partial charge in [0.15, 0.2) is 0 Å². The first-order chi connectivity index (χ1) is 7.27. The average molecular weight is 274 g/mol. The number of nitrogens with zero attached hydrogens (tertiary/aromatic N) is 1. The van der Waals surface area contributed by atoms with Crippen LogP contribution in [0.15, 0.2) is 22.7 Å². The molecule has 2 rings (SSSR count). The predicted molar refractivity (Wildman–Crippen MR) is 70.6 cm³/mol. The summed E-state index contributed by atoms with van der Waals surface area (Å²) in [5.74, 6) is 0. The van der Waals surface area contributed by atoms with Crippen LogP contribution in [0.1, 0.15) is 19.4 Å². The Balaban J connectivity index is 0.000000442. The van der Waals surface area contributed by atoms with E-state index >= 15 is 0 Å². The number of hydrogen-bond donors (Lipinski definition) is 1. The van der Waals surface area contributed by atoms with E-state index in [1.54, 1.807) is 0 Å². The summed E-state index contributed by atoms with van der Waals surface area (Å²) in [4.78, 5) is 2.29. The second-order valence-electron chi connectivity index (χ2n) is 2.94. The highest BCUT2D eigenvalue weighted by Crippen LogP contribution is 2.28. The van der Waals surface area contributed by atoms with Gasteiger partial charge in [0.25, 0.3) is 0 Å². The lowest BCUT2D eigenvalue weighted by atomic mass is 10.2. The molecule has 0 saturated heterocycles. The molecule has 0 aromatic heterocycles. The van der Waals surface area contributed by atoms with Gasteiger partial charge < -0.3 is 10.0 Å². The zero-order valence-electron chi connectivity index (χ0n) is 9.92. The lowest BCUT2D eigenvalue weighted by Gasteiger charge is -2.10. The van der Waals surface area contributed by atoms with E-state index < -0.39 is 0 Å². The van der Waals surface area contributed by atoms with Crippen molar-refractivity contribution in [2.75, 3.05) is 25.6 Å². The number of anilines is 1. The molecule has 0 saturated carbocycles. The van der Waals surface area contributed by atoms with Crippen LogP contribution in [0.3, 0.4) is 0 Å². The van der Waals surface area contributed by atoms with Crippen molar-refractivity contribution >= 4 is 21.6 Å². The highest BCUT2D eigenvalue weighted by atomic mass is 79.9. The third kappa shape index (κ3) is 3.84. The van der Waals surface area contributed by atoms with Crippen molar-refractivity contribution in [1.29, 1.82) is 0 Å². The Morgan fingerprint density at radius 3 is 2.47 bits per heavy atom. The number of aliphatic hydroxyl groups excluding tert-OH is 1. The van der Waals surface area contributed by atoms with Crippen molar-refractivity contribution < 1.29 is 5.11 Å². The first kappa shape index (κ1) is 14.5.